The summed E-state index contributed by atoms with van der Waals surface area (Å²) in [6.45, 7) is 0. The van der Waals surface area contributed by atoms with Crippen molar-refractivity contribution in [2.24, 2.45) is 5.73 Å². The molecule has 0 radical (unpaired) electrons. The number of nitrogens with zero attached hydrogens (tertiary/aromatic N) is 1. The van der Waals surface area contributed by atoms with Gasteiger partial charge in [-0.1, -0.05) is 35.1 Å². The zero-order valence-electron chi connectivity index (χ0n) is 10.3. The van der Waals surface area contributed by atoms with Gasteiger partial charge in [0.2, 0.25) is 0 Å². The monoisotopic (exact) mass is 312 g/mol. The molecule has 0 spiro atoms. The number of esters is 1. The van der Waals surface area contributed by atoms with Crippen LogP contribution in [0.2, 0.25) is 5.15 Å². The molecule has 6 nitrogen and oxygen atoms in total. The van der Waals surface area contributed by atoms with Gasteiger partial charge >= 0.3 is 5.97 Å². The zero-order valence-corrected chi connectivity index (χ0v) is 11.8. The van der Waals surface area contributed by atoms with Crippen molar-refractivity contribution in [3.05, 3.63) is 39.9 Å². The molecule has 2 aromatic rings. The molecule has 2 N–H and O–H groups in total. The number of ether oxygens (including phenoxy) is 2. The van der Waals surface area contributed by atoms with Crippen LogP contribution in [0.3, 0.4) is 0 Å². The van der Waals surface area contributed by atoms with Gasteiger partial charge in [0.1, 0.15) is 5.75 Å². The minimum absolute atomic E-state index is 0.0200. The summed E-state index contributed by atoms with van der Waals surface area (Å²) < 4.78 is 10.0. The van der Waals surface area contributed by atoms with E-state index in [1.807, 2.05) is 0 Å². The van der Waals surface area contributed by atoms with Gasteiger partial charge in [-0.3, -0.25) is 4.79 Å². The molecule has 1 aromatic carbocycles. The summed E-state index contributed by atoms with van der Waals surface area (Å²) in [6, 6.07) is 6.42. The topological polar surface area (TPSA) is 91.5 Å². The van der Waals surface area contributed by atoms with Crippen molar-refractivity contribution in [2.75, 3.05) is 7.11 Å². The number of amides is 1. The van der Waals surface area contributed by atoms with Gasteiger partial charge in [0.25, 0.3) is 11.1 Å². The van der Waals surface area contributed by atoms with Gasteiger partial charge in [0.15, 0.2) is 10.0 Å². The predicted molar refractivity (Wildman–Crippen MR) is 73.5 cm³/mol. The van der Waals surface area contributed by atoms with E-state index in [4.69, 9.17) is 22.1 Å². The van der Waals surface area contributed by atoms with Gasteiger partial charge < -0.3 is 15.2 Å². The van der Waals surface area contributed by atoms with Gasteiger partial charge in [0.05, 0.1) is 12.7 Å². The second-order valence-electron chi connectivity index (χ2n) is 3.55. The van der Waals surface area contributed by atoms with E-state index >= 15 is 0 Å². The van der Waals surface area contributed by atoms with Crippen molar-refractivity contribution < 1.29 is 19.1 Å². The van der Waals surface area contributed by atoms with Crippen LogP contribution in [0.25, 0.3) is 0 Å². The van der Waals surface area contributed by atoms with Gasteiger partial charge in [-0.15, -0.1) is 0 Å². The van der Waals surface area contributed by atoms with Crippen LogP contribution < -0.4 is 10.5 Å². The highest BCUT2D eigenvalue weighted by Crippen LogP contribution is 2.33. The Kier molecular flexibility index (Phi) is 4.21. The number of halogens is 1. The molecular formula is C12H9ClN2O4S. The lowest BCUT2D eigenvalue weighted by atomic mass is 10.2. The number of hydrogen-bond donors (Lipinski definition) is 1. The first-order chi connectivity index (χ1) is 9.52. The van der Waals surface area contributed by atoms with Crippen LogP contribution in [0, 0.1) is 0 Å². The lowest BCUT2D eigenvalue weighted by Crippen LogP contribution is -2.11. The molecule has 0 fully saturated rings. The van der Waals surface area contributed by atoms with E-state index < -0.39 is 11.9 Å². The molecule has 0 atom stereocenters. The smallest absolute Gasteiger partial charge is 0.351 e. The molecule has 20 heavy (non-hydrogen) atoms. The lowest BCUT2D eigenvalue weighted by Gasteiger charge is -2.05. The van der Waals surface area contributed by atoms with Crippen LogP contribution in [-0.4, -0.2) is 24.0 Å². The predicted octanol–water partition coefficient (Wildman–Crippen LogP) is 2.47. The highest BCUT2D eigenvalue weighted by atomic mass is 35.5. The Bertz CT molecular complexity index is 671. The van der Waals surface area contributed by atoms with Crippen molar-refractivity contribution in [3.63, 3.8) is 0 Å². The number of rotatable bonds is 4. The number of carbonyl (C=O) groups is 2. The fourth-order valence-electron chi connectivity index (χ4n) is 1.40. The Hall–Kier alpha value is -2.12. The first kappa shape index (κ1) is 14.3. The molecule has 0 bridgehead atoms. The molecule has 0 unspecified atom stereocenters. The van der Waals surface area contributed by atoms with Crippen LogP contribution in [-0.2, 0) is 4.74 Å². The van der Waals surface area contributed by atoms with Crippen LogP contribution >= 0.6 is 22.9 Å². The molecule has 2 rings (SSSR count). The Morgan fingerprint density at radius 1 is 1.35 bits per heavy atom. The first-order valence-corrected chi connectivity index (χ1v) is 6.53. The minimum atomic E-state index is -0.628. The zero-order chi connectivity index (χ0) is 14.7. The van der Waals surface area contributed by atoms with E-state index in [0.717, 1.165) is 11.3 Å². The normalized spacial score (nSPS) is 10.1. The van der Waals surface area contributed by atoms with Crippen molar-refractivity contribution in [2.45, 2.75) is 0 Å². The summed E-state index contributed by atoms with van der Waals surface area (Å²) in [7, 11) is 1.24. The summed E-state index contributed by atoms with van der Waals surface area (Å²) in [5, 5.41) is 0.0949. The van der Waals surface area contributed by atoms with E-state index in [1.165, 1.54) is 13.2 Å². The Morgan fingerprint density at radius 2 is 2.05 bits per heavy atom. The van der Waals surface area contributed by atoms with E-state index in [2.05, 4.69) is 9.72 Å². The maximum atomic E-state index is 11.4. The van der Waals surface area contributed by atoms with E-state index in [9.17, 15) is 9.59 Å². The molecular weight excluding hydrogens is 304 g/mol. The quantitative estimate of drug-likeness (QED) is 0.876. The Morgan fingerprint density at radius 3 is 2.70 bits per heavy atom. The second kappa shape index (κ2) is 5.89. The maximum Gasteiger partial charge on any atom is 0.351 e. The second-order valence-corrected chi connectivity index (χ2v) is 4.87. The molecule has 0 saturated heterocycles. The number of thiazole rings is 1. The largest absolute Gasteiger partial charge is 0.465 e. The summed E-state index contributed by atoms with van der Waals surface area (Å²) in [6.07, 6.45) is 0. The number of primary amides is 1. The number of nitrogens with two attached hydrogens (primary N) is 1. The Labute approximate surface area is 123 Å². The van der Waals surface area contributed by atoms with Gasteiger partial charge in [-0.2, -0.15) is 4.98 Å². The molecule has 0 aliphatic rings. The molecule has 1 aromatic heterocycles. The third kappa shape index (κ3) is 2.89. The van der Waals surface area contributed by atoms with Crippen molar-refractivity contribution in [1.82, 2.24) is 4.98 Å². The fourth-order valence-corrected chi connectivity index (χ4v) is 2.46. The Balaban J connectivity index is 2.32. The molecule has 0 saturated carbocycles. The molecule has 104 valence electrons. The number of hydrogen-bond acceptors (Lipinski definition) is 6. The first-order valence-electron chi connectivity index (χ1n) is 5.34. The van der Waals surface area contributed by atoms with Crippen molar-refractivity contribution in [3.8, 4) is 10.9 Å². The summed E-state index contributed by atoms with van der Waals surface area (Å²) in [5.74, 6) is -0.996. The molecule has 1 heterocycles. The molecule has 8 heteroatoms. The van der Waals surface area contributed by atoms with Gasteiger partial charge in [0, 0.05) is 0 Å². The van der Waals surface area contributed by atoms with E-state index in [1.54, 1.807) is 18.2 Å². The van der Waals surface area contributed by atoms with Crippen molar-refractivity contribution in [1.29, 1.82) is 0 Å². The van der Waals surface area contributed by atoms with E-state index in [0.29, 0.717) is 0 Å². The molecule has 1 amide bonds. The number of benzene rings is 1. The van der Waals surface area contributed by atoms with Crippen molar-refractivity contribution >= 4 is 34.8 Å². The highest BCUT2D eigenvalue weighted by molar-refractivity contribution is 7.15. The number of methoxy groups -OCH3 is 1. The number of aromatic nitrogens is 1. The third-order valence-corrected chi connectivity index (χ3v) is 3.59. The van der Waals surface area contributed by atoms with Crippen LogP contribution in [0.5, 0.6) is 10.9 Å². The number of para-hydroxylation sites is 1. The third-order valence-electron chi connectivity index (χ3n) is 2.29. The van der Waals surface area contributed by atoms with Gasteiger partial charge in [-0.05, 0) is 12.1 Å². The lowest BCUT2D eigenvalue weighted by molar-refractivity contribution is 0.0606. The summed E-state index contributed by atoms with van der Waals surface area (Å²) in [5.41, 5.74) is 5.44. The standard InChI is InChI=1S/C12H9ClN2O4S/c1-18-11(17)8-9(13)15-12(20-8)19-7-5-3-2-4-6(7)10(14)16/h2-5H,1H3,(H2,14,16). The number of carbonyl (C=O) groups excluding carboxylic acids is 2. The SMILES string of the molecule is COC(=O)c1sc(Oc2ccccc2C(N)=O)nc1Cl. The molecule has 0 aliphatic carbocycles. The highest BCUT2D eigenvalue weighted by Gasteiger charge is 2.19. The van der Waals surface area contributed by atoms with Crippen LogP contribution in [0.15, 0.2) is 24.3 Å². The van der Waals surface area contributed by atoms with E-state index in [-0.39, 0.29) is 26.5 Å². The summed E-state index contributed by atoms with van der Waals surface area (Å²) >= 11 is 6.73. The average Bonchev–Trinajstić information content (AvgIpc) is 2.79. The maximum absolute atomic E-state index is 11.4. The minimum Gasteiger partial charge on any atom is -0.465 e. The molecule has 0 aliphatic heterocycles. The van der Waals surface area contributed by atoms with Crippen LogP contribution in [0.1, 0.15) is 20.0 Å². The van der Waals surface area contributed by atoms with Crippen LogP contribution in [0.4, 0.5) is 0 Å². The van der Waals surface area contributed by atoms with Gasteiger partial charge in [-0.25, -0.2) is 4.79 Å². The average molecular weight is 313 g/mol. The summed E-state index contributed by atoms with van der Waals surface area (Å²) in [4.78, 5) is 26.7. The fraction of sp³-hybridized carbons (Fsp3) is 0.0833.